The van der Waals surface area contributed by atoms with Gasteiger partial charge < -0.3 is 19.8 Å². The number of fused-ring (bicyclic) bond motifs is 1. The first kappa shape index (κ1) is 20.0. The fourth-order valence-electron chi connectivity index (χ4n) is 3.01. The van der Waals surface area contributed by atoms with Crippen LogP contribution in [0.2, 0.25) is 0 Å². The van der Waals surface area contributed by atoms with Crippen LogP contribution in [-0.2, 0) is 11.2 Å². The third-order valence-electron chi connectivity index (χ3n) is 4.73. The Hall–Kier alpha value is -2.34. The topological polar surface area (TPSA) is 85.8 Å². The van der Waals surface area contributed by atoms with Crippen molar-refractivity contribution in [3.05, 3.63) is 39.7 Å². The number of methoxy groups -OCH3 is 1. The zero-order chi connectivity index (χ0) is 19.5. The van der Waals surface area contributed by atoms with E-state index in [0.29, 0.717) is 36.4 Å². The number of hydrogen-bond acceptors (Lipinski definition) is 5. The van der Waals surface area contributed by atoms with Gasteiger partial charge in [-0.05, 0) is 43.0 Å². The Balaban J connectivity index is 2.18. The molecule has 0 aliphatic heterocycles. The lowest BCUT2D eigenvalue weighted by molar-refractivity contribution is -0.131. The quantitative estimate of drug-likeness (QED) is 0.767. The molecule has 0 fully saturated rings. The minimum Gasteiger partial charge on any atom is -0.497 e. The van der Waals surface area contributed by atoms with Crippen molar-refractivity contribution >= 4 is 16.9 Å². The van der Waals surface area contributed by atoms with Gasteiger partial charge in [-0.15, -0.1) is 0 Å². The molecule has 1 heterocycles. The Morgan fingerprint density at radius 3 is 2.65 bits per heavy atom. The number of amides is 1. The maximum atomic E-state index is 12.4. The van der Waals surface area contributed by atoms with Crippen molar-refractivity contribution in [2.24, 2.45) is 11.1 Å². The van der Waals surface area contributed by atoms with Crippen LogP contribution in [0, 0.1) is 12.3 Å². The van der Waals surface area contributed by atoms with Gasteiger partial charge in [0.2, 0.25) is 5.91 Å². The second-order valence-electron chi connectivity index (χ2n) is 7.47. The molecule has 1 aromatic carbocycles. The van der Waals surface area contributed by atoms with Crippen LogP contribution < -0.4 is 16.1 Å². The highest BCUT2D eigenvalue weighted by atomic mass is 16.5. The maximum absolute atomic E-state index is 12.4. The van der Waals surface area contributed by atoms with E-state index in [1.54, 1.807) is 25.1 Å². The molecule has 0 spiro atoms. The molecule has 26 heavy (non-hydrogen) atoms. The van der Waals surface area contributed by atoms with E-state index in [-0.39, 0.29) is 17.7 Å². The molecule has 6 nitrogen and oxygen atoms in total. The van der Waals surface area contributed by atoms with Gasteiger partial charge in [-0.1, -0.05) is 13.8 Å². The standard InChI is InChI=1S/C20H28N2O4/c1-13-15-7-6-14(25-5)10-17(15)26-19(24)16(13)8-9-18(23)22(4)12-20(2,3)11-21/h6-7,10H,8-9,11-12,21H2,1-5H3. The summed E-state index contributed by atoms with van der Waals surface area (Å²) >= 11 is 0. The summed E-state index contributed by atoms with van der Waals surface area (Å²) < 4.78 is 10.6. The van der Waals surface area contributed by atoms with Gasteiger partial charge in [0, 0.05) is 37.0 Å². The zero-order valence-electron chi connectivity index (χ0n) is 16.2. The number of aryl methyl sites for hydroxylation is 1. The molecule has 142 valence electrons. The van der Waals surface area contributed by atoms with Crippen molar-refractivity contribution in [3.63, 3.8) is 0 Å². The lowest BCUT2D eigenvalue weighted by Crippen LogP contribution is -2.39. The predicted molar refractivity (Wildman–Crippen MR) is 103 cm³/mol. The van der Waals surface area contributed by atoms with E-state index in [1.165, 1.54) is 0 Å². The minimum absolute atomic E-state index is 0.0137. The van der Waals surface area contributed by atoms with Crippen LogP contribution in [0.5, 0.6) is 5.75 Å². The SMILES string of the molecule is COc1ccc2c(C)c(CCC(=O)N(C)CC(C)(C)CN)c(=O)oc2c1. The Morgan fingerprint density at radius 2 is 2.04 bits per heavy atom. The van der Waals surface area contributed by atoms with Crippen molar-refractivity contribution in [2.45, 2.75) is 33.6 Å². The van der Waals surface area contributed by atoms with E-state index in [4.69, 9.17) is 14.9 Å². The molecular formula is C20H28N2O4. The highest BCUT2D eigenvalue weighted by Crippen LogP contribution is 2.24. The Labute approximate surface area is 153 Å². The number of ether oxygens (including phenoxy) is 1. The summed E-state index contributed by atoms with van der Waals surface area (Å²) in [6.45, 7) is 7.00. The molecule has 0 unspecified atom stereocenters. The second kappa shape index (κ2) is 7.91. The summed E-state index contributed by atoms with van der Waals surface area (Å²) in [5, 5.41) is 0.852. The molecule has 0 saturated heterocycles. The van der Waals surface area contributed by atoms with Gasteiger partial charge in [-0.3, -0.25) is 4.79 Å². The molecule has 1 aromatic heterocycles. The summed E-state index contributed by atoms with van der Waals surface area (Å²) in [7, 11) is 3.33. The van der Waals surface area contributed by atoms with E-state index < -0.39 is 5.63 Å². The average molecular weight is 360 g/mol. The van der Waals surface area contributed by atoms with Crippen molar-refractivity contribution < 1.29 is 13.9 Å². The number of carbonyl (C=O) groups is 1. The Kier molecular flexibility index (Phi) is 6.08. The molecule has 2 rings (SSSR count). The minimum atomic E-state index is -0.402. The van der Waals surface area contributed by atoms with Crippen LogP contribution in [-0.4, -0.2) is 38.1 Å². The molecule has 0 atom stereocenters. The average Bonchev–Trinajstić information content (AvgIpc) is 2.60. The summed E-state index contributed by atoms with van der Waals surface area (Å²) in [6.07, 6.45) is 0.604. The van der Waals surface area contributed by atoms with Crippen molar-refractivity contribution in [2.75, 3.05) is 27.2 Å². The van der Waals surface area contributed by atoms with Gasteiger partial charge in [0.25, 0.3) is 0 Å². The number of hydrogen-bond donors (Lipinski definition) is 1. The van der Waals surface area contributed by atoms with Gasteiger partial charge in [0.05, 0.1) is 7.11 Å². The number of nitrogens with zero attached hydrogens (tertiary/aromatic N) is 1. The summed E-state index contributed by atoms with van der Waals surface area (Å²) in [5.74, 6) is 0.618. The van der Waals surface area contributed by atoms with Crippen LogP contribution in [0.3, 0.4) is 0 Å². The molecule has 2 aromatic rings. The fourth-order valence-corrected chi connectivity index (χ4v) is 3.01. The van der Waals surface area contributed by atoms with Crippen LogP contribution in [0.15, 0.2) is 27.4 Å². The largest absolute Gasteiger partial charge is 0.497 e. The zero-order valence-corrected chi connectivity index (χ0v) is 16.2. The van der Waals surface area contributed by atoms with Gasteiger partial charge in [0.1, 0.15) is 11.3 Å². The highest BCUT2D eigenvalue weighted by Gasteiger charge is 2.21. The van der Waals surface area contributed by atoms with E-state index in [1.807, 2.05) is 32.9 Å². The molecule has 0 bridgehead atoms. The van der Waals surface area contributed by atoms with E-state index in [2.05, 4.69) is 0 Å². The summed E-state index contributed by atoms with van der Waals surface area (Å²) in [4.78, 5) is 26.5. The van der Waals surface area contributed by atoms with Crippen molar-refractivity contribution in [1.82, 2.24) is 4.90 Å². The first-order valence-electron chi connectivity index (χ1n) is 8.73. The molecule has 1 amide bonds. The predicted octanol–water partition coefficient (Wildman–Crippen LogP) is 2.49. The molecule has 0 saturated carbocycles. The Morgan fingerprint density at radius 1 is 1.35 bits per heavy atom. The van der Waals surface area contributed by atoms with Gasteiger partial charge in [-0.25, -0.2) is 4.79 Å². The lowest BCUT2D eigenvalue weighted by Gasteiger charge is -2.29. The number of rotatable bonds is 7. The monoisotopic (exact) mass is 360 g/mol. The van der Waals surface area contributed by atoms with Crippen LogP contribution in [0.4, 0.5) is 0 Å². The van der Waals surface area contributed by atoms with Crippen molar-refractivity contribution in [3.8, 4) is 5.75 Å². The number of benzene rings is 1. The number of nitrogens with two attached hydrogens (primary N) is 1. The van der Waals surface area contributed by atoms with Gasteiger partial charge in [0.15, 0.2) is 0 Å². The highest BCUT2D eigenvalue weighted by molar-refractivity contribution is 5.82. The number of carbonyl (C=O) groups excluding carboxylic acids is 1. The lowest BCUT2D eigenvalue weighted by atomic mass is 9.93. The van der Waals surface area contributed by atoms with Crippen LogP contribution in [0.1, 0.15) is 31.4 Å². The Bertz CT molecular complexity index is 855. The third-order valence-corrected chi connectivity index (χ3v) is 4.73. The third kappa shape index (κ3) is 4.43. The van der Waals surface area contributed by atoms with Gasteiger partial charge in [-0.2, -0.15) is 0 Å². The van der Waals surface area contributed by atoms with E-state index >= 15 is 0 Å². The summed E-state index contributed by atoms with van der Waals surface area (Å²) in [6, 6.07) is 5.39. The van der Waals surface area contributed by atoms with E-state index in [0.717, 1.165) is 10.9 Å². The van der Waals surface area contributed by atoms with Crippen molar-refractivity contribution in [1.29, 1.82) is 0 Å². The first-order chi connectivity index (χ1) is 12.2. The van der Waals surface area contributed by atoms with E-state index in [9.17, 15) is 9.59 Å². The first-order valence-corrected chi connectivity index (χ1v) is 8.73. The van der Waals surface area contributed by atoms with Gasteiger partial charge >= 0.3 is 5.63 Å². The maximum Gasteiger partial charge on any atom is 0.339 e. The smallest absolute Gasteiger partial charge is 0.339 e. The molecule has 0 aliphatic rings. The van der Waals surface area contributed by atoms with Crippen LogP contribution >= 0.6 is 0 Å². The molecule has 6 heteroatoms. The second-order valence-corrected chi connectivity index (χ2v) is 7.47. The van der Waals surface area contributed by atoms with Crippen LogP contribution in [0.25, 0.3) is 11.0 Å². The molecule has 2 N–H and O–H groups in total. The molecule has 0 aliphatic carbocycles. The normalized spacial score (nSPS) is 11.6. The molecular weight excluding hydrogens is 332 g/mol. The fraction of sp³-hybridized carbons (Fsp3) is 0.500. The summed E-state index contributed by atoms with van der Waals surface area (Å²) in [5.41, 5.74) is 7.07. The molecule has 0 radical (unpaired) electrons.